The highest BCUT2D eigenvalue weighted by molar-refractivity contribution is 6.62. The van der Waals surface area contributed by atoms with E-state index in [4.69, 9.17) is 17.5 Å². The summed E-state index contributed by atoms with van der Waals surface area (Å²) in [5.41, 5.74) is 1.43. The van der Waals surface area contributed by atoms with Gasteiger partial charge in [0, 0.05) is 0 Å². The van der Waals surface area contributed by atoms with Crippen molar-refractivity contribution in [2.75, 3.05) is 0 Å². The van der Waals surface area contributed by atoms with Gasteiger partial charge in [0.25, 0.3) is 0 Å². The Kier molecular flexibility index (Phi) is 3.38. The third-order valence-electron chi connectivity index (χ3n) is 6.26. The molecule has 1 fully saturated rings. The Balaban J connectivity index is 1.82. The summed E-state index contributed by atoms with van der Waals surface area (Å²) in [4.78, 5) is 0. The largest absolute Gasteiger partial charge is 0.494 e. The first-order chi connectivity index (χ1) is 17.4. The van der Waals surface area contributed by atoms with E-state index in [2.05, 4.69) is 0 Å². The van der Waals surface area contributed by atoms with Crippen molar-refractivity contribution in [1.82, 2.24) is 0 Å². The minimum Gasteiger partial charge on any atom is -0.399 e. The zero-order valence-electron chi connectivity index (χ0n) is 24.1. The predicted molar refractivity (Wildman–Crippen MR) is 131 cm³/mol. The third-order valence-corrected chi connectivity index (χ3v) is 6.26. The highest BCUT2D eigenvalue weighted by Gasteiger charge is 2.51. The SMILES string of the molecule is [2H]c1c([2H])c([2H])c2c(-c3cccc(B4OC(C)(C)C(C)(C)O4)c3)c([2H])c([2H])c(-c3ccccc3)c2c1[2H]. The predicted octanol–water partition coefficient (Wildman–Crippen LogP) is 6.47. The van der Waals surface area contributed by atoms with Crippen LogP contribution in [0.4, 0.5) is 0 Å². The van der Waals surface area contributed by atoms with E-state index in [9.17, 15) is 0 Å². The molecule has 0 N–H and O–H groups in total. The van der Waals surface area contributed by atoms with Crippen molar-refractivity contribution < 1.29 is 17.5 Å². The summed E-state index contributed by atoms with van der Waals surface area (Å²) in [7, 11) is -0.641. The second-order valence-electron chi connectivity index (χ2n) is 8.83. The molecule has 1 aliphatic rings. The number of fused-ring (bicyclic) bond motifs is 1. The molecule has 0 amide bonds. The number of hydrogen-bond acceptors (Lipinski definition) is 2. The smallest absolute Gasteiger partial charge is 0.399 e. The van der Waals surface area contributed by atoms with Crippen LogP contribution in [0.2, 0.25) is 0 Å². The minimum absolute atomic E-state index is 0.0974. The van der Waals surface area contributed by atoms with Gasteiger partial charge in [-0.15, -0.1) is 0 Å². The molecular weight excluding hydrogens is 379 g/mol. The van der Waals surface area contributed by atoms with Crippen molar-refractivity contribution in [2.45, 2.75) is 38.9 Å². The average molecular weight is 412 g/mol. The second-order valence-corrected chi connectivity index (χ2v) is 8.83. The fourth-order valence-corrected chi connectivity index (χ4v) is 3.80. The van der Waals surface area contributed by atoms with Crippen molar-refractivity contribution in [3.05, 3.63) is 90.9 Å². The molecule has 5 rings (SSSR count). The van der Waals surface area contributed by atoms with E-state index in [1.54, 1.807) is 36.4 Å². The van der Waals surface area contributed by atoms with Gasteiger partial charge in [-0.25, -0.2) is 0 Å². The Morgan fingerprint density at radius 2 is 1.23 bits per heavy atom. The van der Waals surface area contributed by atoms with Gasteiger partial charge in [-0.3, -0.25) is 0 Å². The first kappa shape index (κ1) is 14.2. The van der Waals surface area contributed by atoms with Gasteiger partial charge in [-0.05, 0) is 66.2 Å². The lowest BCUT2D eigenvalue weighted by Gasteiger charge is -2.32. The molecule has 4 aromatic rings. The molecule has 1 heterocycles. The van der Waals surface area contributed by atoms with E-state index >= 15 is 0 Å². The molecule has 0 atom stereocenters. The zero-order valence-corrected chi connectivity index (χ0v) is 18.1. The van der Waals surface area contributed by atoms with Crippen LogP contribution >= 0.6 is 0 Å². The lowest BCUT2D eigenvalue weighted by atomic mass is 9.77. The van der Waals surface area contributed by atoms with E-state index in [1.165, 1.54) is 0 Å². The van der Waals surface area contributed by atoms with Gasteiger partial charge in [0.1, 0.15) is 0 Å². The molecule has 31 heavy (non-hydrogen) atoms. The Morgan fingerprint density at radius 3 is 1.84 bits per heavy atom. The quantitative estimate of drug-likeness (QED) is 0.359. The van der Waals surface area contributed by atoms with Gasteiger partial charge >= 0.3 is 7.12 Å². The van der Waals surface area contributed by atoms with Crippen LogP contribution in [0.3, 0.4) is 0 Å². The van der Waals surface area contributed by atoms with E-state index < -0.39 is 18.3 Å². The zero-order chi connectivity index (χ0) is 26.9. The van der Waals surface area contributed by atoms with Crippen molar-refractivity contribution >= 4 is 23.4 Å². The van der Waals surface area contributed by atoms with Crippen LogP contribution in [-0.4, -0.2) is 18.3 Å². The monoisotopic (exact) mass is 412 g/mol. The summed E-state index contributed by atoms with van der Waals surface area (Å²) in [5.74, 6) is 0. The van der Waals surface area contributed by atoms with Crippen molar-refractivity contribution in [3.63, 3.8) is 0 Å². The Hall–Kier alpha value is -2.88. The normalized spacial score (nSPS) is 19.9. The first-order valence-corrected chi connectivity index (χ1v) is 10.4. The number of hydrogen-bond donors (Lipinski definition) is 0. The highest BCUT2D eigenvalue weighted by Crippen LogP contribution is 2.38. The average Bonchev–Trinajstić information content (AvgIpc) is 3.09. The molecule has 3 heteroatoms. The maximum Gasteiger partial charge on any atom is 0.494 e. The van der Waals surface area contributed by atoms with E-state index in [-0.39, 0.29) is 52.6 Å². The Bertz CT molecular complexity index is 1540. The van der Waals surface area contributed by atoms with E-state index in [1.807, 2.05) is 45.9 Å². The van der Waals surface area contributed by atoms with Gasteiger partial charge in [0.05, 0.1) is 19.4 Å². The van der Waals surface area contributed by atoms with E-state index in [0.717, 1.165) is 5.46 Å². The van der Waals surface area contributed by atoms with Gasteiger partial charge < -0.3 is 9.31 Å². The summed E-state index contributed by atoms with van der Waals surface area (Å²) in [5, 5.41) is 0.450. The van der Waals surface area contributed by atoms with Crippen LogP contribution in [0.1, 0.15) is 35.9 Å². The summed E-state index contributed by atoms with van der Waals surface area (Å²) < 4.78 is 64.5. The summed E-state index contributed by atoms with van der Waals surface area (Å²) in [6.45, 7) is 7.88. The molecule has 0 aromatic heterocycles. The number of rotatable bonds is 3. The van der Waals surface area contributed by atoms with Crippen LogP contribution < -0.4 is 5.46 Å². The van der Waals surface area contributed by atoms with Crippen molar-refractivity contribution in [2.24, 2.45) is 0 Å². The van der Waals surface area contributed by atoms with Gasteiger partial charge in [0.2, 0.25) is 0 Å². The molecular formula is C28H27BO2. The topological polar surface area (TPSA) is 18.5 Å². The van der Waals surface area contributed by atoms with Crippen LogP contribution in [0.25, 0.3) is 33.0 Å². The molecule has 0 unspecified atom stereocenters. The molecule has 0 bridgehead atoms. The standard InChI is InChI=1S/C28H27BO2/c1-27(2)28(3,4)31-29(30-27)22-14-10-13-21(19-22)24-18-17-23(20-11-6-5-7-12-20)25-15-8-9-16-26(24)25/h5-19H,1-4H3/i8D,9D,15D,16D,17D,18D. The van der Waals surface area contributed by atoms with Gasteiger partial charge in [-0.2, -0.15) is 0 Å². The maximum atomic E-state index is 9.00. The molecule has 0 radical (unpaired) electrons. The van der Waals surface area contributed by atoms with Crippen LogP contribution in [0, 0.1) is 0 Å². The molecule has 0 spiro atoms. The Labute approximate surface area is 193 Å². The van der Waals surface area contributed by atoms with Crippen molar-refractivity contribution in [3.8, 4) is 22.3 Å². The lowest BCUT2D eigenvalue weighted by molar-refractivity contribution is 0.00578. The second kappa shape index (κ2) is 7.37. The third kappa shape index (κ3) is 3.48. The molecule has 2 nitrogen and oxygen atoms in total. The molecule has 1 aliphatic heterocycles. The highest BCUT2D eigenvalue weighted by atomic mass is 16.7. The first-order valence-electron chi connectivity index (χ1n) is 13.4. The summed E-state index contributed by atoms with van der Waals surface area (Å²) >= 11 is 0. The molecule has 1 saturated heterocycles. The van der Waals surface area contributed by atoms with Crippen LogP contribution in [0.15, 0.2) is 90.9 Å². The van der Waals surface area contributed by atoms with Crippen LogP contribution in [-0.2, 0) is 9.31 Å². The molecule has 154 valence electrons. The molecule has 0 saturated carbocycles. The van der Waals surface area contributed by atoms with E-state index in [0.29, 0.717) is 16.7 Å². The fraction of sp³-hybridized carbons (Fsp3) is 0.214. The molecule has 0 aliphatic carbocycles. The summed E-state index contributed by atoms with van der Waals surface area (Å²) in [6.07, 6.45) is 0. The fourth-order valence-electron chi connectivity index (χ4n) is 3.80. The van der Waals surface area contributed by atoms with Crippen molar-refractivity contribution in [1.29, 1.82) is 0 Å². The minimum atomic E-state index is -0.641. The number of benzene rings is 4. The lowest BCUT2D eigenvalue weighted by Crippen LogP contribution is -2.41. The van der Waals surface area contributed by atoms with Crippen LogP contribution in [0.5, 0.6) is 0 Å². The maximum absolute atomic E-state index is 9.00. The van der Waals surface area contributed by atoms with Gasteiger partial charge in [-0.1, -0.05) is 90.9 Å². The Morgan fingerprint density at radius 1 is 0.677 bits per heavy atom. The summed E-state index contributed by atoms with van der Waals surface area (Å²) in [6, 6.07) is 14.9. The molecule has 4 aromatic carbocycles. The van der Waals surface area contributed by atoms with Gasteiger partial charge in [0.15, 0.2) is 0 Å².